The highest BCUT2D eigenvalue weighted by Gasteiger charge is 2.24. The zero-order valence-electron chi connectivity index (χ0n) is 21.2. The van der Waals surface area contributed by atoms with Gasteiger partial charge in [-0.1, -0.05) is 18.2 Å². The molecule has 0 saturated carbocycles. The number of nitrogens with one attached hydrogen (secondary N) is 1. The lowest BCUT2D eigenvalue weighted by Crippen LogP contribution is -2.45. The highest BCUT2D eigenvalue weighted by Crippen LogP contribution is 2.33. The summed E-state index contributed by atoms with van der Waals surface area (Å²) in [5.74, 6) is 2.97. The highest BCUT2D eigenvalue weighted by atomic mass is 16.7. The minimum Gasteiger partial charge on any atom is -0.495 e. The monoisotopic (exact) mass is 509 g/mol. The van der Waals surface area contributed by atoms with Crippen molar-refractivity contribution in [3.63, 3.8) is 0 Å². The Morgan fingerprint density at radius 2 is 1.78 bits per heavy atom. The summed E-state index contributed by atoms with van der Waals surface area (Å²) in [5.41, 5.74) is 1.37. The van der Waals surface area contributed by atoms with Gasteiger partial charge in [0.2, 0.25) is 12.7 Å². The van der Waals surface area contributed by atoms with Gasteiger partial charge >= 0.3 is 6.03 Å². The van der Waals surface area contributed by atoms with E-state index in [-0.39, 0.29) is 38.9 Å². The summed E-state index contributed by atoms with van der Waals surface area (Å²) in [6.45, 7) is 2.89. The van der Waals surface area contributed by atoms with Gasteiger partial charge in [-0.15, -0.1) is 0 Å². The van der Waals surface area contributed by atoms with Gasteiger partial charge in [0.05, 0.1) is 25.9 Å². The Kier molecular flexibility index (Phi) is 8.52. The molecule has 1 aliphatic heterocycles. The number of benzene rings is 2. The van der Waals surface area contributed by atoms with Crippen molar-refractivity contribution in [2.45, 2.75) is 20.0 Å². The van der Waals surface area contributed by atoms with Crippen LogP contribution in [-0.2, 0) is 22.6 Å². The summed E-state index contributed by atoms with van der Waals surface area (Å²) in [5, 5.41) is 2.83. The number of hydrogen-bond acceptors (Lipinski definition) is 7. The summed E-state index contributed by atoms with van der Waals surface area (Å²) < 4.78 is 27.1. The first-order chi connectivity index (χ1) is 18.0. The fourth-order valence-electron chi connectivity index (χ4n) is 3.91. The van der Waals surface area contributed by atoms with E-state index in [1.165, 1.54) is 12.0 Å². The van der Waals surface area contributed by atoms with Crippen molar-refractivity contribution < 1.29 is 33.0 Å². The van der Waals surface area contributed by atoms with Crippen molar-refractivity contribution in [2.24, 2.45) is 0 Å². The van der Waals surface area contributed by atoms with Crippen LogP contribution in [0.15, 0.2) is 59.0 Å². The topological polar surface area (TPSA) is 103 Å². The normalized spacial score (nSPS) is 11.8. The number of amides is 3. The zero-order valence-corrected chi connectivity index (χ0v) is 21.2. The average Bonchev–Trinajstić information content (AvgIpc) is 3.54. The number of urea groups is 1. The maximum Gasteiger partial charge on any atom is 0.322 e. The van der Waals surface area contributed by atoms with Crippen LogP contribution in [0.1, 0.15) is 17.1 Å². The van der Waals surface area contributed by atoms with Crippen LogP contribution in [0.2, 0.25) is 0 Å². The molecule has 4 rings (SSSR count). The van der Waals surface area contributed by atoms with E-state index in [4.69, 9.17) is 23.4 Å². The fourth-order valence-corrected chi connectivity index (χ4v) is 3.91. The fraction of sp³-hybridized carbons (Fsp3) is 0.333. The number of carbonyl (C=O) groups excluding carboxylic acids is 2. The summed E-state index contributed by atoms with van der Waals surface area (Å²) in [6, 6.07) is 15.9. The highest BCUT2D eigenvalue weighted by molar-refractivity contribution is 5.93. The van der Waals surface area contributed by atoms with Crippen LogP contribution in [0.5, 0.6) is 17.2 Å². The molecule has 0 atom stereocenters. The molecular formula is C27H31N3O7. The van der Waals surface area contributed by atoms with Crippen molar-refractivity contribution in [3.05, 3.63) is 71.7 Å². The molecule has 0 radical (unpaired) electrons. The molecule has 1 aliphatic rings. The standard InChI is InChI=1S/C27H31N3O7/c1-19-8-10-21(37-19)16-30(15-20-9-11-24-25(14-20)36-18-35-24)26(31)17-29(12-13-33-2)27(32)28-22-6-4-5-7-23(22)34-3/h4-11,14H,12-13,15-18H2,1-3H3,(H,28,32). The molecule has 1 N–H and O–H groups in total. The van der Waals surface area contributed by atoms with Gasteiger partial charge in [-0.2, -0.15) is 0 Å². The van der Waals surface area contributed by atoms with E-state index in [9.17, 15) is 9.59 Å². The molecule has 2 heterocycles. The average molecular weight is 510 g/mol. The third-order valence-corrected chi connectivity index (χ3v) is 5.83. The molecule has 196 valence electrons. The van der Waals surface area contributed by atoms with Gasteiger partial charge in [0, 0.05) is 20.2 Å². The van der Waals surface area contributed by atoms with Gasteiger partial charge in [0.15, 0.2) is 11.5 Å². The van der Waals surface area contributed by atoms with E-state index in [0.717, 1.165) is 11.3 Å². The third-order valence-electron chi connectivity index (χ3n) is 5.83. The van der Waals surface area contributed by atoms with E-state index < -0.39 is 6.03 Å². The number of nitrogens with zero attached hydrogens (tertiary/aromatic N) is 2. The minimum absolute atomic E-state index is 0.158. The maximum atomic E-state index is 13.6. The number of anilines is 1. The molecule has 10 heteroatoms. The van der Waals surface area contributed by atoms with Crippen LogP contribution in [0.25, 0.3) is 0 Å². The first-order valence-electron chi connectivity index (χ1n) is 11.9. The zero-order chi connectivity index (χ0) is 26.2. The van der Waals surface area contributed by atoms with Crippen molar-refractivity contribution in [3.8, 4) is 17.2 Å². The van der Waals surface area contributed by atoms with Crippen LogP contribution in [-0.4, -0.2) is 62.4 Å². The van der Waals surface area contributed by atoms with Gasteiger partial charge < -0.3 is 38.5 Å². The first kappa shape index (κ1) is 25.9. The van der Waals surface area contributed by atoms with Crippen LogP contribution in [0.4, 0.5) is 10.5 Å². The second-order valence-electron chi connectivity index (χ2n) is 8.49. The SMILES string of the molecule is COCCN(CC(=O)N(Cc1ccc2c(c1)OCO2)Cc1ccc(C)o1)C(=O)Nc1ccccc1OC. The largest absolute Gasteiger partial charge is 0.495 e. The molecule has 0 aliphatic carbocycles. The van der Waals surface area contributed by atoms with Crippen molar-refractivity contribution in [2.75, 3.05) is 46.0 Å². The van der Waals surface area contributed by atoms with Gasteiger partial charge in [-0.05, 0) is 48.9 Å². The molecule has 0 spiro atoms. The number of carbonyl (C=O) groups is 2. The number of methoxy groups -OCH3 is 2. The Bertz CT molecular complexity index is 1230. The van der Waals surface area contributed by atoms with E-state index >= 15 is 0 Å². The Morgan fingerprint density at radius 3 is 2.54 bits per heavy atom. The Labute approximate surface area is 215 Å². The van der Waals surface area contributed by atoms with Gasteiger partial charge in [0.1, 0.15) is 23.8 Å². The summed E-state index contributed by atoms with van der Waals surface area (Å²) >= 11 is 0. The molecule has 3 aromatic rings. The number of hydrogen-bond donors (Lipinski definition) is 1. The van der Waals surface area contributed by atoms with Crippen LogP contribution < -0.4 is 19.5 Å². The van der Waals surface area contributed by atoms with Crippen LogP contribution in [0, 0.1) is 6.92 Å². The first-order valence-corrected chi connectivity index (χ1v) is 11.9. The maximum absolute atomic E-state index is 13.6. The summed E-state index contributed by atoms with van der Waals surface area (Å²) in [7, 11) is 3.07. The molecule has 0 fully saturated rings. The van der Waals surface area contributed by atoms with Crippen LogP contribution in [0.3, 0.4) is 0 Å². The predicted molar refractivity (Wildman–Crippen MR) is 136 cm³/mol. The second kappa shape index (κ2) is 12.2. The molecule has 0 unspecified atom stereocenters. The number of furan rings is 1. The quantitative estimate of drug-likeness (QED) is 0.416. The molecule has 0 bridgehead atoms. The number of aryl methyl sites for hydroxylation is 1. The van der Waals surface area contributed by atoms with E-state index in [2.05, 4.69) is 5.32 Å². The lowest BCUT2D eigenvalue weighted by molar-refractivity contribution is -0.133. The molecular weight excluding hydrogens is 478 g/mol. The molecule has 37 heavy (non-hydrogen) atoms. The Hall–Kier alpha value is -4.18. The smallest absolute Gasteiger partial charge is 0.322 e. The number of fused-ring (bicyclic) bond motifs is 1. The molecule has 1 aromatic heterocycles. The Balaban J connectivity index is 1.52. The van der Waals surface area contributed by atoms with Crippen molar-refractivity contribution in [1.29, 1.82) is 0 Å². The number of para-hydroxylation sites is 2. The second-order valence-corrected chi connectivity index (χ2v) is 8.49. The van der Waals surface area contributed by atoms with Crippen LogP contribution >= 0.6 is 0 Å². The van der Waals surface area contributed by atoms with E-state index in [1.807, 2.05) is 43.3 Å². The number of ether oxygens (including phenoxy) is 4. The van der Waals surface area contributed by atoms with Gasteiger partial charge in [-0.25, -0.2) is 4.79 Å². The van der Waals surface area contributed by atoms with Gasteiger partial charge in [0.25, 0.3) is 0 Å². The van der Waals surface area contributed by atoms with E-state index in [1.54, 1.807) is 30.2 Å². The van der Waals surface area contributed by atoms with Crippen molar-refractivity contribution >= 4 is 17.6 Å². The number of rotatable bonds is 11. The lowest BCUT2D eigenvalue weighted by atomic mass is 10.2. The summed E-state index contributed by atoms with van der Waals surface area (Å²) in [6.07, 6.45) is 0. The lowest BCUT2D eigenvalue weighted by Gasteiger charge is -2.27. The third kappa shape index (κ3) is 6.73. The molecule has 2 aromatic carbocycles. The Morgan fingerprint density at radius 1 is 0.973 bits per heavy atom. The van der Waals surface area contributed by atoms with Gasteiger partial charge in [-0.3, -0.25) is 4.79 Å². The molecule has 0 saturated heterocycles. The summed E-state index contributed by atoms with van der Waals surface area (Å²) in [4.78, 5) is 29.8. The van der Waals surface area contributed by atoms with E-state index in [0.29, 0.717) is 35.2 Å². The molecule has 3 amide bonds. The predicted octanol–water partition coefficient (Wildman–Crippen LogP) is 4.03. The minimum atomic E-state index is -0.438. The van der Waals surface area contributed by atoms with Crippen molar-refractivity contribution in [1.82, 2.24) is 9.80 Å². The molecule has 10 nitrogen and oxygen atoms in total.